The van der Waals surface area contributed by atoms with Crippen molar-refractivity contribution in [2.24, 2.45) is 4.99 Å². The number of benzene rings is 1. The number of isocyanates is 1. The minimum absolute atomic E-state index is 0.423. The largest absolute Gasteiger partial charge is 0.495 e. The summed E-state index contributed by atoms with van der Waals surface area (Å²) in [4.78, 5) is 14.7. The Bertz CT molecular complexity index is 529. The molecule has 0 aliphatic heterocycles. The fourth-order valence-electron chi connectivity index (χ4n) is 2.44. The third-order valence-electron chi connectivity index (χ3n) is 3.87. The van der Waals surface area contributed by atoms with Crippen LogP contribution in [0, 0.1) is 13.8 Å². The molecule has 0 atom stereocenters. The molecule has 0 amide bonds. The number of hydrogen-bond acceptors (Lipinski definition) is 3. The molecular formula is C14H16BrNO2. The molecule has 0 bridgehead atoms. The summed E-state index contributed by atoms with van der Waals surface area (Å²) in [5.74, 6) is 0.789. The van der Waals surface area contributed by atoms with Gasteiger partial charge in [-0.15, -0.1) is 0 Å². The highest BCUT2D eigenvalue weighted by molar-refractivity contribution is 9.10. The number of ether oxygens (including phenoxy) is 1. The van der Waals surface area contributed by atoms with Gasteiger partial charge in [-0.3, -0.25) is 0 Å². The molecule has 3 nitrogen and oxygen atoms in total. The van der Waals surface area contributed by atoms with Gasteiger partial charge in [0.25, 0.3) is 0 Å². The van der Waals surface area contributed by atoms with E-state index in [0.717, 1.165) is 40.6 Å². The molecule has 1 fully saturated rings. The lowest BCUT2D eigenvalue weighted by Gasteiger charge is -2.38. The quantitative estimate of drug-likeness (QED) is 0.629. The zero-order chi connectivity index (χ0) is 13.3. The Kier molecular flexibility index (Phi) is 3.60. The molecule has 0 saturated heterocycles. The summed E-state index contributed by atoms with van der Waals surface area (Å²) in [6.45, 7) is 4.10. The molecule has 0 heterocycles. The van der Waals surface area contributed by atoms with Gasteiger partial charge in [-0.05, 0) is 66.2 Å². The van der Waals surface area contributed by atoms with E-state index in [9.17, 15) is 4.79 Å². The molecule has 1 aliphatic carbocycles. The average Bonchev–Trinajstić information content (AvgIpc) is 2.30. The number of methoxy groups -OCH3 is 1. The summed E-state index contributed by atoms with van der Waals surface area (Å²) in [6, 6.07) is 2.08. The summed E-state index contributed by atoms with van der Waals surface area (Å²) in [6.07, 6.45) is 4.57. The molecule has 1 saturated carbocycles. The van der Waals surface area contributed by atoms with Crippen molar-refractivity contribution in [3.8, 4) is 5.75 Å². The minimum Gasteiger partial charge on any atom is -0.495 e. The summed E-state index contributed by atoms with van der Waals surface area (Å²) in [7, 11) is 1.65. The number of hydrogen-bond donors (Lipinski definition) is 0. The first kappa shape index (κ1) is 13.3. The van der Waals surface area contributed by atoms with Gasteiger partial charge < -0.3 is 4.74 Å². The highest BCUT2D eigenvalue weighted by Crippen LogP contribution is 2.50. The van der Waals surface area contributed by atoms with Gasteiger partial charge in [-0.2, -0.15) is 4.99 Å². The van der Waals surface area contributed by atoms with E-state index in [2.05, 4.69) is 33.9 Å². The maximum absolute atomic E-state index is 10.7. The SMILES string of the molecule is COc1c(C2(N=C=O)CCC2)cc(C)c(C)c1Br. The van der Waals surface area contributed by atoms with Crippen LogP contribution in [0.25, 0.3) is 0 Å². The first-order valence-electron chi connectivity index (χ1n) is 5.99. The van der Waals surface area contributed by atoms with Gasteiger partial charge in [0.15, 0.2) is 0 Å². The first-order chi connectivity index (χ1) is 8.55. The third kappa shape index (κ3) is 1.90. The number of nitrogens with zero attached hydrogens (tertiary/aromatic N) is 1. The first-order valence-corrected chi connectivity index (χ1v) is 6.78. The smallest absolute Gasteiger partial charge is 0.235 e. The molecule has 2 rings (SSSR count). The maximum atomic E-state index is 10.7. The zero-order valence-corrected chi connectivity index (χ0v) is 12.4. The molecule has 0 radical (unpaired) electrons. The molecule has 1 aromatic carbocycles. The predicted octanol–water partition coefficient (Wildman–Crippen LogP) is 3.79. The normalized spacial score (nSPS) is 16.7. The van der Waals surface area contributed by atoms with Crippen LogP contribution in [0.5, 0.6) is 5.75 Å². The van der Waals surface area contributed by atoms with Crippen molar-refractivity contribution in [3.05, 3.63) is 27.2 Å². The summed E-state index contributed by atoms with van der Waals surface area (Å²) in [5, 5.41) is 0. The summed E-state index contributed by atoms with van der Waals surface area (Å²) < 4.78 is 6.45. The molecule has 0 N–H and O–H groups in total. The molecule has 0 aromatic heterocycles. The Morgan fingerprint density at radius 2 is 2.11 bits per heavy atom. The summed E-state index contributed by atoms with van der Waals surface area (Å²) in [5.41, 5.74) is 2.90. The average molecular weight is 310 g/mol. The van der Waals surface area contributed by atoms with Gasteiger partial charge in [-0.25, -0.2) is 4.79 Å². The molecule has 1 aliphatic rings. The lowest BCUT2D eigenvalue weighted by atomic mass is 9.71. The lowest BCUT2D eigenvalue weighted by molar-refractivity contribution is 0.245. The van der Waals surface area contributed by atoms with Gasteiger partial charge in [0.1, 0.15) is 11.3 Å². The fourth-order valence-corrected chi connectivity index (χ4v) is 3.13. The van der Waals surface area contributed by atoms with Crippen molar-refractivity contribution in [1.29, 1.82) is 0 Å². The topological polar surface area (TPSA) is 38.7 Å². The molecule has 0 unspecified atom stereocenters. The van der Waals surface area contributed by atoms with Crippen molar-refractivity contribution in [2.45, 2.75) is 38.6 Å². The van der Waals surface area contributed by atoms with E-state index < -0.39 is 5.54 Å². The summed E-state index contributed by atoms with van der Waals surface area (Å²) >= 11 is 3.57. The van der Waals surface area contributed by atoms with E-state index in [1.165, 1.54) is 5.56 Å². The van der Waals surface area contributed by atoms with Gasteiger partial charge in [0.05, 0.1) is 11.6 Å². The number of halogens is 1. The van der Waals surface area contributed by atoms with Crippen LogP contribution in [0.4, 0.5) is 0 Å². The zero-order valence-electron chi connectivity index (χ0n) is 10.8. The van der Waals surface area contributed by atoms with E-state index >= 15 is 0 Å². The van der Waals surface area contributed by atoms with E-state index in [1.807, 2.05) is 6.92 Å². The van der Waals surface area contributed by atoms with E-state index in [0.29, 0.717) is 0 Å². The van der Waals surface area contributed by atoms with Crippen LogP contribution in [0.1, 0.15) is 36.0 Å². The van der Waals surface area contributed by atoms with E-state index in [-0.39, 0.29) is 0 Å². The van der Waals surface area contributed by atoms with Crippen LogP contribution in [0.3, 0.4) is 0 Å². The standard InChI is InChI=1S/C14H16BrNO2/c1-9-7-11(13(18-3)12(15)10(9)2)14(16-8-17)5-4-6-14/h7H,4-6H2,1-3H3. The highest BCUT2D eigenvalue weighted by atomic mass is 79.9. The molecule has 96 valence electrons. The molecular weight excluding hydrogens is 294 g/mol. The van der Waals surface area contributed by atoms with Crippen molar-refractivity contribution in [3.63, 3.8) is 0 Å². The van der Waals surface area contributed by atoms with E-state index in [4.69, 9.17) is 4.74 Å². The number of carbonyl (C=O) groups excluding carboxylic acids is 1. The monoisotopic (exact) mass is 309 g/mol. The number of aliphatic imine (C=N–C) groups is 1. The second-order valence-corrected chi connectivity index (χ2v) is 5.59. The van der Waals surface area contributed by atoms with Crippen LogP contribution >= 0.6 is 15.9 Å². The van der Waals surface area contributed by atoms with Crippen molar-refractivity contribution in [1.82, 2.24) is 0 Å². The second-order valence-electron chi connectivity index (χ2n) is 4.80. The highest BCUT2D eigenvalue weighted by Gasteiger charge is 2.42. The Morgan fingerprint density at radius 3 is 2.56 bits per heavy atom. The van der Waals surface area contributed by atoms with Crippen molar-refractivity contribution in [2.75, 3.05) is 7.11 Å². The van der Waals surface area contributed by atoms with Crippen LogP contribution in [-0.2, 0) is 10.3 Å². The Morgan fingerprint density at radius 1 is 1.44 bits per heavy atom. The minimum atomic E-state index is -0.423. The van der Waals surface area contributed by atoms with Gasteiger partial charge >= 0.3 is 0 Å². The second kappa shape index (κ2) is 4.87. The maximum Gasteiger partial charge on any atom is 0.235 e. The molecule has 1 aromatic rings. The van der Waals surface area contributed by atoms with E-state index in [1.54, 1.807) is 13.2 Å². The number of aryl methyl sites for hydroxylation is 1. The van der Waals surface area contributed by atoms with Crippen LogP contribution in [0.2, 0.25) is 0 Å². The molecule has 0 spiro atoms. The molecule has 4 heteroatoms. The third-order valence-corrected chi connectivity index (χ3v) is 4.83. The van der Waals surface area contributed by atoms with Crippen LogP contribution in [0.15, 0.2) is 15.5 Å². The Balaban J connectivity index is 2.67. The Labute approximate surface area is 115 Å². The van der Waals surface area contributed by atoms with Gasteiger partial charge in [0.2, 0.25) is 6.08 Å². The fraction of sp³-hybridized carbons (Fsp3) is 0.500. The van der Waals surface area contributed by atoms with Crippen molar-refractivity contribution < 1.29 is 9.53 Å². The Hall–Kier alpha value is -1.12. The van der Waals surface area contributed by atoms with Gasteiger partial charge in [-0.1, -0.05) is 0 Å². The van der Waals surface area contributed by atoms with Crippen LogP contribution in [-0.4, -0.2) is 13.2 Å². The molecule has 18 heavy (non-hydrogen) atoms. The van der Waals surface area contributed by atoms with Crippen molar-refractivity contribution >= 4 is 22.0 Å². The van der Waals surface area contributed by atoms with Crippen LogP contribution < -0.4 is 4.74 Å². The predicted molar refractivity (Wildman–Crippen MR) is 73.8 cm³/mol. The van der Waals surface area contributed by atoms with Gasteiger partial charge in [0, 0.05) is 5.56 Å². The lowest BCUT2D eigenvalue weighted by Crippen LogP contribution is -2.32. The number of rotatable bonds is 3.